The van der Waals surface area contributed by atoms with Crippen LogP contribution in [0.1, 0.15) is 83.5 Å². The lowest BCUT2D eigenvalue weighted by Crippen LogP contribution is -2.49. The van der Waals surface area contributed by atoms with Crippen LogP contribution in [0.3, 0.4) is 0 Å². The van der Waals surface area contributed by atoms with E-state index in [4.69, 9.17) is 0 Å². The Balaban J connectivity index is 1.07. The summed E-state index contributed by atoms with van der Waals surface area (Å²) < 4.78 is 0. The molecule has 0 radical (unpaired) electrons. The van der Waals surface area contributed by atoms with Crippen LogP contribution in [-0.2, 0) is 9.59 Å². The smallest absolute Gasteiger partial charge is 0.254 e. The van der Waals surface area contributed by atoms with Crippen LogP contribution >= 0.6 is 0 Å². The standard InChI is InChI=1S/C25H40N2O3/c28-23(20-10-14-26(15-11-20)24(29)25(30)12-13-25)19-5-7-22(8-6-19)27-16-9-18-3-1-2-4-21(18)17-27/h18-22,30H,1-17H2. The van der Waals surface area contributed by atoms with Gasteiger partial charge in [0.25, 0.3) is 5.91 Å². The highest BCUT2D eigenvalue weighted by Gasteiger charge is 2.50. The van der Waals surface area contributed by atoms with Crippen LogP contribution in [0.4, 0.5) is 0 Å². The molecule has 5 heteroatoms. The normalized spacial score (nSPS) is 37.4. The number of Topliss-reactive ketones (excluding diaryl/α,β-unsaturated/α-hetero) is 1. The number of hydrogen-bond acceptors (Lipinski definition) is 4. The maximum Gasteiger partial charge on any atom is 0.254 e. The molecule has 1 N–H and O–H groups in total. The van der Waals surface area contributed by atoms with Crippen molar-refractivity contribution in [3.05, 3.63) is 0 Å². The molecule has 2 heterocycles. The maximum atomic E-state index is 13.1. The third-order valence-corrected chi connectivity index (χ3v) is 9.24. The Kier molecular flexibility index (Phi) is 5.96. The zero-order valence-electron chi connectivity index (χ0n) is 18.6. The Morgan fingerprint density at radius 1 is 0.733 bits per heavy atom. The minimum Gasteiger partial charge on any atom is -0.380 e. The van der Waals surface area contributed by atoms with Crippen molar-refractivity contribution in [1.29, 1.82) is 0 Å². The molecule has 1 amide bonds. The molecule has 0 aromatic rings. The predicted octanol–water partition coefficient (Wildman–Crippen LogP) is 3.39. The van der Waals surface area contributed by atoms with E-state index in [1.165, 1.54) is 58.0 Å². The monoisotopic (exact) mass is 416 g/mol. The van der Waals surface area contributed by atoms with E-state index >= 15 is 0 Å². The highest BCUT2D eigenvalue weighted by molar-refractivity contribution is 5.88. The summed E-state index contributed by atoms with van der Waals surface area (Å²) in [6, 6.07) is 0.704. The summed E-state index contributed by atoms with van der Waals surface area (Å²) in [5.74, 6) is 2.67. The molecule has 0 spiro atoms. The van der Waals surface area contributed by atoms with Crippen molar-refractivity contribution in [3.63, 3.8) is 0 Å². The third-order valence-electron chi connectivity index (χ3n) is 9.24. The summed E-state index contributed by atoms with van der Waals surface area (Å²) >= 11 is 0. The number of likely N-dealkylation sites (tertiary alicyclic amines) is 2. The van der Waals surface area contributed by atoms with Crippen LogP contribution in [0.25, 0.3) is 0 Å². The Morgan fingerprint density at radius 3 is 2.03 bits per heavy atom. The highest BCUT2D eigenvalue weighted by atomic mass is 16.3. The lowest BCUT2D eigenvalue weighted by molar-refractivity contribution is -0.145. The first kappa shape index (κ1) is 20.9. The molecule has 0 aromatic heterocycles. The predicted molar refractivity (Wildman–Crippen MR) is 116 cm³/mol. The van der Waals surface area contributed by atoms with Crippen molar-refractivity contribution in [3.8, 4) is 0 Å². The summed E-state index contributed by atoms with van der Waals surface area (Å²) in [5.41, 5.74) is -1.07. The van der Waals surface area contributed by atoms with E-state index in [1.54, 1.807) is 4.90 Å². The van der Waals surface area contributed by atoms with Gasteiger partial charge in [-0.15, -0.1) is 0 Å². The van der Waals surface area contributed by atoms with Gasteiger partial charge in [-0.2, -0.15) is 0 Å². The first-order chi connectivity index (χ1) is 14.5. The number of carbonyl (C=O) groups excluding carboxylic acids is 2. The largest absolute Gasteiger partial charge is 0.380 e. The number of aliphatic hydroxyl groups is 1. The molecular weight excluding hydrogens is 376 g/mol. The molecule has 0 aromatic carbocycles. The van der Waals surface area contributed by atoms with Crippen molar-refractivity contribution < 1.29 is 14.7 Å². The number of piperidine rings is 2. The van der Waals surface area contributed by atoms with Gasteiger partial charge in [-0.1, -0.05) is 19.3 Å². The summed E-state index contributed by atoms with van der Waals surface area (Å²) in [5, 5.41) is 10.1. The summed E-state index contributed by atoms with van der Waals surface area (Å²) in [6.07, 6.45) is 14.5. The molecule has 5 fully saturated rings. The number of ketones is 1. The third kappa shape index (κ3) is 4.21. The molecule has 30 heavy (non-hydrogen) atoms. The number of carbonyl (C=O) groups is 2. The van der Waals surface area contributed by atoms with Crippen molar-refractivity contribution in [2.24, 2.45) is 23.7 Å². The molecule has 5 nitrogen and oxygen atoms in total. The van der Waals surface area contributed by atoms with Gasteiger partial charge < -0.3 is 14.9 Å². The van der Waals surface area contributed by atoms with Crippen LogP contribution in [-0.4, -0.2) is 64.4 Å². The second-order valence-electron chi connectivity index (χ2n) is 11.1. The van der Waals surface area contributed by atoms with E-state index in [1.807, 2.05) is 0 Å². The van der Waals surface area contributed by atoms with E-state index in [0.717, 1.165) is 37.5 Å². The minimum atomic E-state index is -1.07. The van der Waals surface area contributed by atoms with Gasteiger partial charge in [0.15, 0.2) is 0 Å². The van der Waals surface area contributed by atoms with Gasteiger partial charge in [-0.05, 0) is 82.6 Å². The molecule has 5 aliphatic rings. The van der Waals surface area contributed by atoms with Gasteiger partial charge in [0.05, 0.1) is 0 Å². The second kappa shape index (κ2) is 8.54. The Bertz CT molecular complexity index is 645. The molecule has 5 rings (SSSR count). The van der Waals surface area contributed by atoms with Crippen LogP contribution in [0.5, 0.6) is 0 Å². The first-order valence-electron chi connectivity index (χ1n) is 12.8. The van der Waals surface area contributed by atoms with Crippen molar-refractivity contribution in [2.45, 2.75) is 95.1 Å². The topological polar surface area (TPSA) is 60.9 Å². The zero-order valence-corrected chi connectivity index (χ0v) is 18.6. The Labute approximate surface area is 181 Å². The van der Waals surface area contributed by atoms with E-state index in [9.17, 15) is 14.7 Å². The average Bonchev–Trinajstić information content (AvgIpc) is 3.56. The Morgan fingerprint density at radius 2 is 1.37 bits per heavy atom. The van der Waals surface area contributed by atoms with E-state index < -0.39 is 5.60 Å². The van der Waals surface area contributed by atoms with E-state index in [2.05, 4.69) is 4.90 Å². The molecule has 2 atom stereocenters. The van der Waals surface area contributed by atoms with E-state index in [-0.39, 0.29) is 17.7 Å². The van der Waals surface area contributed by atoms with Gasteiger partial charge in [0, 0.05) is 37.5 Å². The van der Waals surface area contributed by atoms with Gasteiger partial charge in [0.1, 0.15) is 11.4 Å². The number of nitrogens with zero attached hydrogens (tertiary/aromatic N) is 2. The maximum absolute atomic E-state index is 13.1. The van der Waals surface area contributed by atoms with Gasteiger partial charge in [-0.3, -0.25) is 9.59 Å². The van der Waals surface area contributed by atoms with Gasteiger partial charge in [0.2, 0.25) is 0 Å². The van der Waals surface area contributed by atoms with Crippen molar-refractivity contribution >= 4 is 11.7 Å². The quantitative estimate of drug-likeness (QED) is 0.763. The average molecular weight is 417 g/mol. The highest BCUT2D eigenvalue weighted by Crippen LogP contribution is 2.40. The number of amides is 1. The molecule has 2 aliphatic heterocycles. The Hall–Kier alpha value is -0.940. The summed E-state index contributed by atoms with van der Waals surface area (Å²) in [4.78, 5) is 30.0. The minimum absolute atomic E-state index is 0.101. The lowest BCUT2D eigenvalue weighted by atomic mass is 9.73. The van der Waals surface area contributed by atoms with Gasteiger partial charge in [-0.25, -0.2) is 0 Å². The van der Waals surface area contributed by atoms with Gasteiger partial charge >= 0.3 is 0 Å². The molecular formula is C25H40N2O3. The fourth-order valence-electron chi connectivity index (χ4n) is 7.01. The molecule has 168 valence electrons. The molecule has 2 saturated heterocycles. The van der Waals surface area contributed by atoms with Crippen LogP contribution in [0.15, 0.2) is 0 Å². The second-order valence-corrected chi connectivity index (χ2v) is 11.1. The van der Waals surface area contributed by atoms with Crippen LogP contribution < -0.4 is 0 Å². The fourth-order valence-corrected chi connectivity index (χ4v) is 7.01. The fraction of sp³-hybridized carbons (Fsp3) is 0.920. The first-order valence-corrected chi connectivity index (χ1v) is 12.8. The molecule has 2 unspecified atom stereocenters. The molecule has 0 bridgehead atoms. The van der Waals surface area contributed by atoms with Crippen LogP contribution in [0, 0.1) is 23.7 Å². The lowest BCUT2D eigenvalue weighted by Gasteiger charge is -2.46. The molecule has 3 saturated carbocycles. The van der Waals surface area contributed by atoms with Crippen molar-refractivity contribution in [1.82, 2.24) is 9.80 Å². The number of rotatable bonds is 4. The zero-order chi connectivity index (χ0) is 20.7. The molecule has 3 aliphatic carbocycles. The van der Waals surface area contributed by atoms with Crippen LogP contribution in [0.2, 0.25) is 0 Å². The number of hydrogen-bond donors (Lipinski definition) is 1. The van der Waals surface area contributed by atoms with Crippen molar-refractivity contribution in [2.75, 3.05) is 26.2 Å². The SMILES string of the molecule is O=C(C1CCC(N2CCC3CCCCC3C2)CC1)C1CCN(C(=O)C2(O)CC2)CC1. The summed E-state index contributed by atoms with van der Waals surface area (Å²) in [6.45, 7) is 3.88. The summed E-state index contributed by atoms with van der Waals surface area (Å²) in [7, 11) is 0. The van der Waals surface area contributed by atoms with E-state index in [0.29, 0.717) is 37.8 Å². The number of fused-ring (bicyclic) bond motifs is 1.